The van der Waals surface area contributed by atoms with E-state index in [9.17, 15) is 14.4 Å². The Hall–Kier alpha value is -3.68. The number of hydrogen-bond donors (Lipinski definition) is 3. The lowest BCUT2D eigenvalue weighted by atomic mass is 10.1. The van der Waals surface area contributed by atoms with Crippen molar-refractivity contribution in [2.45, 2.75) is 12.6 Å². The zero-order valence-corrected chi connectivity index (χ0v) is 16.9. The molecule has 10 heteroatoms. The Balaban J connectivity index is 2.11. The highest BCUT2D eigenvalue weighted by Crippen LogP contribution is 2.10. The zero-order chi connectivity index (χ0) is 22.1. The zero-order valence-electron chi connectivity index (χ0n) is 16.9. The van der Waals surface area contributed by atoms with Gasteiger partial charge < -0.3 is 15.0 Å². The summed E-state index contributed by atoms with van der Waals surface area (Å²) in [6.45, 7) is 1.19. The third-order valence-electron chi connectivity index (χ3n) is 4.20. The lowest BCUT2D eigenvalue weighted by Gasteiger charge is -2.25. The second-order valence-corrected chi connectivity index (χ2v) is 6.22. The maximum Gasteiger partial charge on any atom is 0.275 e. The molecule has 0 aliphatic rings. The molecule has 0 aliphatic carbocycles. The molecule has 158 valence electrons. The van der Waals surface area contributed by atoms with E-state index in [1.54, 1.807) is 42.3 Å². The van der Waals surface area contributed by atoms with Crippen LogP contribution in [0.1, 0.15) is 21.5 Å². The van der Waals surface area contributed by atoms with Crippen molar-refractivity contribution in [2.75, 3.05) is 27.8 Å². The van der Waals surface area contributed by atoms with Crippen LogP contribution >= 0.6 is 0 Å². The molecular formula is C20H23N5O5. The van der Waals surface area contributed by atoms with Crippen molar-refractivity contribution >= 4 is 17.7 Å². The molecule has 0 spiro atoms. The van der Waals surface area contributed by atoms with Gasteiger partial charge in [-0.15, -0.1) is 0 Å². The third kappa shape index (κ3) is 5.66. The van der Waals surface area contributed by atoms with E-state index < -0.39 is 23.8 Å². The molecule has 1 aromatic carbocycles. The maximum atomic E-state index is 12.6. The fraction of sp³-hybridized carbons (Fsp3) is 0.300. The van der Waals surface area contributed by atoms with Crippen LogP contribution in [0.25, 0.3) is 0 Å². The van der Waals surface area contributed by atoms with Crippen LogP contribution in [0.15, 0.2) is 36.7 Å². The number of hydroxylamine groups is 1. The van der Waals surface area contributed by atoms with Gasteiger partial charge in [-0.25, -0.2) is 5.48 Å². The Bertz CT molecular complexity index is 942. The number of methoxy groups -OCH3 is 1. The summed E-state index contributed by atoms with van der Waals surface area (Å²) in [4.78, 5) is 37.3. The number of aromatic nitrogens is 2. The van der Waals surface area contributed by atoms with Crippen LogP contribution < -0.4 is 10.8 Å². The first-order valence-electron chi connectivity index (χ1n) is 8.97. The molecule has 0 radical (unpaired) electrons. The van der Waals surface area contributed by atoms with Crippen LogP contribution in [0.5, 0.6) is 0 Å². The summed E-state index contributed by atoms with van der Waals surface area (Å²) in [5.41, 5.74) is 3.08. The Morgan fingerprint density at radius 1 is 1.20 bits per heavy atom. The largest absolute Gasteiger partial charge is 0.383 e. The number of rotatable bonds is 7. The number of nitrogens with zero attached hydrogens (tertiary/aromatic N) is 3. The fourth-order valence-electron chi connectivity index (χ4n) is 2.57. The minimum absolute atomic E-state index is 0.259. The first-order valence-corrected chi connectivity index (χ1v) is 8.97. The highest BCUT2D eigenvalue weighted by Gasteiger charge is 2.33. The predicted octanol–water partition coefficient (Wildman–Crippen LogP) is -0.379. The summed E-state index contributed by atoms with van der Waals surface area (Å²) in [6, 6.07) is 4.89. The van der Waals surface area contributed by atoms with Crippen molar-refractivity contribution in [1.82, 2.24) is 25.5 Å². The highest BCUT2D eigenvalue weighted by molar-refractivity contribution is 6.08. The van der Waals surface area contributed by atoms with Crippen molar-refractivity contribution in [3.63, 3.8) is 0 Å². The average molecular weight is 413 g/mol. The van der Waals surface area contributed by atoms with Crippen LogP contribution in [-0.2, 0) is 20.9 Å². The van der Waals surface area contributed by atoms with E-state index in [1.165, 1.54) is 19.6 Å². The van der Waals surface area contributed by atoms with E-state index in [1.807, 2.05) is 6.20 Å². The van der Waals surface area contributed by atoms with Crippen LogP contribution in [0.3, 0.4) is 0 Å². The molecule has 0 saturated carbocycles. The van der Waals surface area contributed by atoms with Gasteiger partial charge in [0.25, 0.3) is 17.7 Å². The first kappa shape index (κ1) is 22.6. The molecule has 1 atom stereocenters. The van der Waals surface area contributed by atoms with Crippen molar-refractivity contribution in [2.24, 2.45) is 0 Å². The normalized spacial score (nSPS) is 11.1. The van der Waals surface area contributed by atoms with E-state index >= 15 is 0 Å². The Labute approximate surface area is 173 Å². The first-order chi connectivity index (χ1) is 14.4. The molecule has 2 rings (SSSR count). The lowest BCUT2D eigenvalue weighted by Crippen LogP contribution is -2.54. The quantitative estimate of drug-likeness (QED) is 0.246. The summed E-state index contributed by atoms with van der Waals surface area (Å²) in [7, 11) is 4.25. The van der Waals surface area contributed by atoms with Gasteiger partial charge in [0.05, 0.1) is 24.9 Å². The van der Waals surface area contributed by atoms with E-state index in [2.05, 4.69) is 22.3 Å². The fourth-order valence-corrected chi connectivity index (χ4v) is 2.57. The molecule has 0 bridgehead atoms. The highest BCUT2D eigenvalue weighted by atomic mass is 16.5. The van der Waals surface area contributed by atoms with Crippen molar-refractivity contribution in [3.8, 4) is 11.8 Å². The molecule has 0 saturated heterocycles. The molecule has 1 heterocycles. The standard InChI is InChI=1S/C20H23N5O5/c1-21-18(26)17(19(27)23-29)24(2)20(28)16-8-6-14(7-9-16)4-5-15-12-22-25(13-15)10-11-30-3/h6-9,12-13,17,29H,10-11H2,1-3H3,(H,21,26)(H,23,27). The second kappa shape index (κ2) is 10.8. The molecule has 1 aromatic heterocycles. The number of amides is 3. The van der Waals surface area contributed by atoms with Crippen molar-refractivity contribution in [3.05, 3.63) is 53.3 Å². The van der Waals surface area contributed by atoms with Gasteiger partial charge in [-0.3, -0.25) is 24.3 Å². The van der Waals surface area contributed by atoms with Gasteiger partial charge in [0.1, 0.15) is 0 Å². The monoisotopic (exact) mass is 413 g/mol. The second-order valence-electron chi connectivity index (χ2n) is 6.22. The van der Waals surface area contributed by atoms with Gasteiger partial charge >= 0.3 is 0 Å². The predicted molar refractivity (Wildman–Crippen MR) is 106 cm³/mol. The van der Waals surface area contributed by atoms with Crippen LogP contribution in [-0.4, -0.2) is 71.5 Å². The third-order valence-corrected chi connectivity index (χ3v) is 4.20. The average Bonchev–Trinajstić information content (AvgIpc) is 3.23. The van der Waals surface area contributed by atoms with E-state index in [0.717, 1.165) is 10.5 Å². The van der Waals surface area contributed by atoms with Gasteiger partial charge in [-0.2, -0.15) is 5.10 Å². The molecular weight excluding hydrogens is 390 g/mol. The summed E-state index contributed by atoms with van der Waals surface area (Å²) in [6.07, 6.45) is 3.46. The Kier molecular flexibility index (Phi) is 8.10. The number of ether oxygens (including phenoxy) is 1. The number of nitrogens with one attached hydrogen (secondary N) is 2. The van der Waals surface area contributed by atoms with Gasteiger partial charge in [-0.05, 0) is 24.3 Å². The SMILES string of the molecule is CNC(=O)C(C(=O)NO)N(C)C(=O)c1ccc(C#Cc2cnn(CCOC)c2)cc1. The molecule has 2 aromatic rings. The molecule has 10 nitrogen and oxygen atoms in total. The van der Waals surface area contributed by atoms with E-state index in [-0.39, 0.29) is 5.56 Å². The van der Waals surface area contributed by atoms with Gasteiger partial charge in [0.2, 0.25) is 0 Å². The number of likely N-dealkylation sites (N-methyl/N-ethyl adjacent to an activating group) is 2. The van der Waals surface area contributed by atoms with E-state index in [0.29, 0.717) is 18.7 Å². The summed E-state index contributed by atoms with van der Waals surface area (Å²) in [5.74, 6) is 3.66. The topological polar surface area (TPSA) is 126 Å². The van der Waals surface area contributed by atoms with Gasteiger partial charge in [0.15, 0.2) is 6.04 Å². The molecule has 0 aliphatic heterocycles. The molecule has 0 fully saturated rings. The number of carbonyl (C=O) groups is 3. The molecule has 30 heavy (non-hydrogen) atoms. The maximum absolute atomic E-state index is 12.6. The van der Waals surface area contributed by atoms with E-state index in [4.69, 9.17) is 9.94 Å². The van der Waals surface area contributed by atoms with Gasteiger partial charge in [0, 0.05) is 38.5 Å². The molecule has 3 N–H and O–H groups in total. The number of carbonyl (C=O) groups excluding carboxylic acids is 3. The number of benzene rings is 1. The summed E-state index contributed by atoms with van der Waals surface area (Å²) in [5, 5.41) is 15.3. The Morgan fingerprint density at radius 2 is 1.87 bits per heavy atom. The minimum atomic E-state index is -1.51. The Morgan fingerprint density at radius 3 is 2.47 bits per heavy atom. The number of hydrogen-bond acceptors (Lipinski definition) is 6. The van der Waals surface area contributed by atoms with Crippen molar-refractivity contribution in [1.29, 1.82) is 0 Å². The summed E-state index contributed by atoms with van der Waals surface area (Å²) < 4.78 is 6.73. The lowest BCUT2D eigenvalue weighted by molar-refractivity contribution is -0.140. The van der Waals surface area contributed by atoms with Crippen LogP contribution in [0, 0.1) is 11.8 Å². The van der Waals surface area contributed by atoms with Crippen molar-refractivity contribution < 1.29 is 24.3 Å². The van der Waals surface area contributed by atoms with Crippen LogP contribution in [0.4, 0.5) is 0 Å². The molecule has 3 amide bonds. The minimum Gasteiger partial charge on any atom is -0.383 e. The summed E-state index contributed by atoms with van der Waals surface area (Å²) >= 11 is 0. The van der Waals surface area contributed by atoms with Gasteiger partial charge in [-0.1, -0.05) is 11.8 Å². The van der Waals surface area contributed by atoms with Crippen LogP contribution in [0.2, 0.25) is 0 Å². The molecule has 1 unspecified atom stereocenters. The smallest absolute Gasteiger partial charge is 0.275 e.